The molecule has 4 aromatic rings. The lowest BCUT2D eigenvalue weighted by molar-refractivity contribution is 0.103. The Hall–Kier alpha value is -2.67. The molecule has 29 heavy (non-hydrogen) atoms. The normalized spacial score (nSPS) is 10.8. The van der Waals surface area contributed by atoms with Gasteiger partial charge in [0, 0.05) is 20.6 Å². The number of ketones is 2. The monoisotopic (exact) mass is 484 g/mol. The van der Waals surface area contributed by atoms with E-state index in [-0.39, 0.29) is 28.6 Å². The maximum Gasteiger partial charge on any atom is 0.209 e. The van der Waals surface area contributed by atoms with E-state index in [9.17, 15) is 9.59 Å². The van der Waals surface area contributed by atoms with Crippen molar-refractivity contribution < 1.29 is 9.59 Å². The third-order valence-electron chi connectivity index (χ3n) is 4.46. The number of nitrogen functional groups attached to an aromatic ring is 1. The summed E-state index contributed by atoms with van der Waals surface area (Å²) in [5.41, 5.74) is 8.36. The Kier molecular flexibility index (Phi) is 5.41. The Balaban J connectivity index is 1.98. The van der Waals surface area contributed by atoms with Gasteiger partial charge in [-0.05, 0) is 29.1 Å². The molecule has 2 heterocycles. The molecule has 7 heteroatoms. The van der Waals surface area contributed by atoms with Crippen LogP contribution >= 0.6 is 38.9 Å². The van der Waals surface area contributed by atoms with Crippen LogP contribution in [-0.4, -0.2) is 16.6 Å². The zero-order valence-corrected chi connectivity index (χ0v) is 18.1. The maximum atomic E-state index is 13.3. The number of aromatic amines is 1. The second-order valence-corrected chi connectivity index (χ2v) is 8.53. The van der Waals surface area contributed by atoms with Crippen LogP contribution in [0.15, 0.2) is 70.5 Å². The lowest BCUT2D eigenvalue weighted by atomic mass is 9.95. The van der Waals surface area contributed by atoms with Crippen LogP contribution in [0, 0.1) is 0 Å². The number of carbonyl (C=O) groups is 2. The first kappa shape index (κ1) is 19.6. The lowest BCUT2D eigenvalue weighted by Crippen LogP contribution is -2.06. The summed E-state index contributed by atoms with van der Waals surface area (Å²) in [4.78, 5) is 30.0. The van der Waals surface area contributed by atoms with E-state index in [1.807, 2.05) is 11.4 Å². The highest BCUT2D eigenvalue weighted by Crippen LogP contribution is 2.39. The average molecular weight is 486 g/mol. The minimum Gasteiger partial charge on any atom is -0.385 e. The zero-order chi connectivity index (χ0) is 20.5. The fourth-order valence-electron chi connectivity index (χ4n) is 3.15. The minimum absolute atomic E-state index is 0.152. The molecule has 144 valence electrons. The Labute approximate surface area is 184 Å². The number of halogens is 2. The van der Waals surface area contributed by atoms with Crippen molar-refractivity contribution in [2.45, 2.75) is 0 Å². The van der Waals surface area contributed by atoms with E-state index in [2.05, 4.69) is 20.9 Å². The molecule has 0 aliphatic heterocycles. The quantitative estimate of drug-likeness (QED) is 0.330. The summed E-state index contributed by atoms with van der Waals surface area (Å²) in [5, 5.41) is 2.36. The predicted octanol–water partition coefficient (Wildman–Crippen LogP) is 6.20. The van der Waals surface area contributed by atoms with Gasteiger partial charge in [-0.25, -0.2) is 0 Å². The van der Waals surface area contributed by atoms with Crippen molar-refractivity contribution in [3.63, 3.8) is 0 Å². The number of carbonyl (C=O) groups excluding carboxylic acids is 2. The summed E-state index contributed by atoms with van der Waals surface area (Å²) < 4.78 is 0.659. The summed E-state index contributed by atoms with van der Waals surface area (Å²) in [5.74, 6) is -0.336. The molecule has 0 radical (unpaired) electrons. The molecular formula is C22H14BrClN2O2S. The van der Waals surface area contributed by atoms with Crippen molar-refractivity contribution >= 4 is 56.3 Å². The highest BCUT2D eigenvalue weighted by molar-refractivity contribution is 9.10. The van der Waals surface area contributed by atoms with E-state index < -0.39 is 0 Å². The third-order valence-corrected chi connectivity index (χ3v) is 6.22. The van der Waals surface area contributed by atoms with Gasteiger partial charge in [0.25, 0.3) is 0 Å². The molecule has 2 aromatic heterocycles. The Morgan fingerprint density at radius 3 is 2.41 bits per heavy atom. The summed E-state index contributed by atoms with van der Waals surface area (Å²) in [6, 6.07) is 17.6. The summed E-state index contributed by atoms with van der Waals surface area (Å²) in [6.45, 7) is 0. The van der Waals surface area contributed by atoms with E-state index >= 15 is 0 Å². The molecule has 0 fully saturated rings. The van der Waals surface area contributed by atoms with Gasteiger partial charge in [-0.15, -0.1) is 11.3 Å². The number of hydrogen-bond donors (Lipinski definition) is 2. The van der Waals surface area contributed by atoms with Gasteiger partial charge in [-0.1, -0.05) is 70.0 Å². The smallest absolute Gasteiger partial charge is 0.209 e. The van der Waals surface area contributed by atoms with Crippen LogP contribution in [0.1, 0.15) is 31.3 Å². The molecular weight excluding hydrogens is 472 g/mol. The van der Waals surface area contributed by atoms with Crippen molar-refractivity contribution in [1.82, 2.24) is 4.98 Å². The molecule has 0 amide bonds. The van der Waals surface area contributed by atoms with Gasteiger partial charge in [0.2, 0.25) is 11.6 Å². The first-order chi connectivity index (χ1) is 14.0. The maximum absolute atomic E-state index is 13.3. The topological polar surface area (TPSA) is 76.0 Å². The molecule has 3 N–H and O–H groups in total. The number of anilines is 1. The van der Waals surface area contributed by atoms with E-state index in [0.29, 0.717) is 31.1 Å². The molecule has 0 atom stereocenters. The van der Waals surface area contributed by atoms with Crippen molar-refractivity contribution in [3.8, 4) is 11.1 Å². The summed E-state index contributed by atoms with van der Waals surface area (Å²) in [6.07, 6.45) is 0. The summed E-state index contributed by atoms with van der Waals surface area (Å²) in [7, 11) is 0. The van der Waals surface area contributed by atoms with E-state index in [1.165, 1.54) is 11.3 Å². The highest BCUT2D eigenvalue weighted by atomic mass is 79.9. The molecule has 0 aliphatic carbocycles. The van der Waals surface area contributed by atoms with Crippen molar-refractivity contribution in [2.75, 3.05) is 5.73 Å². The average Bonchev–Trinajstić information content (AvgIpc) is 3.36. The lowest BCUT2D eigenvalue weighted by Gasteiger charge is -2.10. The van der Waals surface area contributed by atoms with Crippen molar-refractivity contribution in [3.05, 3.63) is 97.2 Å². The summed E-state index contributed by atoms with van der Waals surface area (Å²) >= 11 is 10.9. The molecule has 0 aliphatic rings. The Bertz CT molecular complexity index is 1220. The number of benzene rings is 2. The molecule has 0 saturated carbocycles. The van der Waals surface area contributed by atoms with Crippen LogP contribution in [0.25, 0.3) is 11.1 Å². The first-order valence-corrected chi connectivity index (χ1v) is 10.7. The third kappa shape index (κ3) is 3.67. The highest BCUT2D eigenvalue weighted by Gasteiger charge is 2.29. The second-order valence-electron chi connectivity index (χ2n) is 6.29. The van der Waals surface area contributed by atoms with Gasteiger partial charge in [-0.2, -0.15) is 0 Å². The number of thiophene rings is 1. The zero-order valence-electron chi connectivity index (χ0n) is 14.9. The molecule has 0 bridgehead atoms. The fourth-order valence-corrected chi connectivity index (χ4v) is 4.70. The van der Waals surface area contributed by atoms with Crippen LogP contribution in [0.3, 0.4) is 0 Å². The van der Waals surface area contributed by atoms with Gasteiger partial charge in [0.15, 0.2) is 0 Å². The van der Waals surface area contributed by atoms with Gasteiger partial charge < -0.3 is 10.7 Å². The van der Waals surface area contributed by atoms with E-state index in [4.69, 9.17) is 17.3 Å². The first-order valence-electron chi connectivity index (χ1n) is 8.62. The number of hydrogen-bond acceptors (Lipinski definition) is 4. The van der Waals surface area contributed by atoms with Crippen LogP contribution in [0.5, 0.6) is 0 Å². The minimum atomic E-state index is -0.251. The number of nitrogens with two attached hydrogens (primary N) is 1. The largest absolute Gasteiger partial charge is 0.385 e. The van der Waals surface area contributed by atoms with Crippen LogP contribution in [0.4, 0.5) is 5.82 Å². The van der Waals surface area contributed by atoms with E-state index in [0.717, 1.165) is 0 Å². The van der Waals surface area contributed by atoms with Crippen LogP contribution in [-0.2, 0) is 0 Å². The van der Waals surface area contributed by atoms with Gasteiger partial charge >= 0.3 is 0 Å². The number of nitrogens with one attached hydrogen (secondary N) is 1. The molecule has 0 saturated heterocycles. The molecule has 0 spiro atoms. The number of aromatic nitrogens is 1. The van der Waals surface area contributed by atoms with Crippen LogP contribution < -0.4 is 5.73 Å². The standard InChI is InChI=1S/C22H14BrClN2O2S/c23-15-11-13(24)8-9-14(15)17-18(21(28)16-7-4-10-29-16)22(25)26-19(17)20(27)12-5-2-1-3-6-12/h1-11,26H,25H2. The molecule has 0 unspecified atom stereocenters. The number of rotatable bonds is 5. The predicted molar refractivity (Wildman–Crippen MR) is 121 cm³/mol. The SMILES string of the molecule is Nc1[nH]c(C(=O)c2ccccc2)c(-c2ccc(Cl)cc2Br)c1C(=O)c1cccs1. The van der Waals surface area contributed by atoms with Gasteiger partial charge in [0.05, 0.1) is 16.1 Å². The van der Waals surface area contributed by atoms with E-state index in [1.54, 1.807) is 54.6 Å². The second kappa shape index (κ2) is 7.99. The molecule has 4 rings (SSSR count). The molecule has 4 nitrogen and oxygen atoms in total. The fraction of sp³-hybridized carbons (Fsp3) is 0. The number of H-pyrrole nitrogens is 1. The molecule has 2 aromatic carbocycles. The van der Waals surface area contributed by atoms with Crippen molar-refractivity contribution in [2.24, 2.45) is 0 Å². The Morgan fingerprint density at radius 1 is 1.00 bits per heavy atom. The Morgan fingerprint density at radius 2 is 1.76 bits per heavy atom. The van der Waals surface area contributed by atoms with Crippen molar-refractivity contribution in [1.29, 1.82) is 0 Å². The van der Waals surface area contributed by atoms with Gasteiger partial charge in [-0.3, -0.25) is 9.59 Å². The van der Waals surface area contributed by atoms with Crippen LogP contribution in [0.2, 0.25) is 5.02 Å². The van der Waals surface area contributed by atoms with Gasteiger partial charge in [0.1, 0.15) is 5.82 Å².